The highest BCUT2D eigenvalue weighted by molar-refractivity contribution is 7.80. The van der Waals surface area contributed by atoms with Gasteiger partial charge in [-0.1, -0.05) is 12.2 Å². The molecule has 0 saturated carbocycles. The predicted molar refractivity (Wildman–Crippen MR) is 69.6 cm³/mol. The number of nitrogens with two attached hydrogens (primary N) is 1. The summed E-state index contributed by atoms with van der Waals surface area (Å²) in [6, 6.07) is 4.11. The first-order valence-electron chi connectivity index (χ1n) is 4.96. The minimum absolute atomic E-state index is 0.100. The number of rotatable bonds is 4. The van der Waals surface area contributed by atoms with Gasteiger partial charge in [0.2, 0.25) is 5.91 Å². The first-order valence-corrected chi connectivity index (χ1v) is 5.37. The van der Waals surface area contributed by atoms with Crippen molar-refractivity contribution in [1.82, 2.24) is 5.32 Å². The summed E-state index contributed by atoms with van der Waals surface area (Å²) in [5.74, 6) is -0.560. The van der Waals surface area contributed by atoms with E-state index in [-0.39, 0.29) is 17.4 Å². The SMILES string of the molecule is CNC(=O)CN(C)c1ccc(F)cc1C(N)=S. The quantitative estimate of drug-likeness (QED) is 0.775. The smallest absolute Gasteiger partial charge is 0.239 e. The fourth-order valence-electron chi connectivity index (χ4n) is 1.42. The van der Waals surface area contributed by atoms with Gasteiger partial charge in [0, 0.05) is 25.3 Å². The molecule has 92 valence electrons. The standard InChI is InChI=1S/C11H14FN3OS/c1-14-10(16)6-15(2)9-4-3-7(12)5-8(9)11(13)17/h3-5H,6H2,1-2H3,(H2,13,17)(H,14,16). The number of benzene rings is 1. The van der Waals surface area contributed by atoms with Crippen LogP contribution in [0, 0.1) is 5.82 Å². The van der Waals surface area contributed by atoms with E-state index in [2.05, 4.69) is 5.32 Å². The maximum Gasteiger partial charge on any atom is 0.239 e. The third-order valence-electron chi connectivity index (χ3n) is 2.29. The van der Waals surface area contributed by atoms with Crippen molar-refractivity contribution in [3.8, 4) is 0 Å². The number of halogens is 1. The van der Waals surface area contributed by atoms with Crippen molar-refractivity contribution in [2.45, 2.75) is 0 Å². The molecule has 0 atom stereocenters. The topological polar surface area (TPSA) is 58.4 Å². The Bertz CT molecular complexity index is 450. The molecule has 0 aliphatic rings. The van der Waals surface area contributed by atoms with Crippen LogP contribution in [0.4, 0.5) is 10.1 Å². The molecule has 1 aromatic carbocycles. The maximum absolute atomic E-state index is 13.1. The Hall–Kier alpha value is -1.69. The van der Waals surface area contributed by atoms with E-state index in [1.165, 1.54) is 12.1 Å². The fraction of sp³-hybridized carbons (Fsp3) is 0.273. The van der Waals surface area contributed by atoms with Gasteiger partial charge in [-0.2, -0.15) is 0 Å². The molecule has 1 aromatic rings. The summed E-state index contributed by atoms with van der Waals surface area (Å²) in [6.45, 7) is 0.151. The van der Waals surface area contributed by atoms with Crippen molar-refractivity contribution in [2.24, 2.45) is 5.73 Å². The Kier molecular flexibility index (Phi) is 4.39. The van der Waals surface area contributed by atoms with Crippen LogP contribution in [0.15, 0.2) is 18.2 Å². The van der Waals surface area contributed by atoms with Crippen molar-refractivity contribution in [3.05, 3.63) is 29.6 Å². The molecule has 17 heavy (non-hydrogen) atoms. The molecule has 0 aliphatic heterocycles. The second kappa shape index (κ2) is 5.58. The van der Waals surface area contributed by atoms with Crippen LogP contribution in [0.5, 0.6) is 0 Å². The number of hydrogen-bond acceptors (Lipinski definition) is 3. The summed E-state index contributed by atoms with van der Waals surface area (Å²) in [7, 11) is 3.26. The van der Waals surface area contributed by atoms with Gasteiger partial charge in [0.05, 0.1) is 6.54 Å². The number of hydrogen-bond donors (Lipinski definition) is 2. The Morgan fingerprint density at radius 1 is 1.59 bits per heavy atom. The Labute approximate surface area is 105 Å². The average Bonchev–Trinajstić information content (AvgIpc) is 2.28. The molecule has 1 amide bonds. The molecule has 0 bridgehead atoms. The number of amides is 1. The van der Waals surface area contributed by atoms with Crippen LogP contribution in [0.1, 0.15) is 5.56 Å². The molecule has 0 aromatic heterocycles. The molecular weight excluding hydrogens is 241 g/mol. The lowest BCUT2D eigenvalue weighted by Gasteiger charge is -2.21. The number of carbonyl (C=O) groups excluding carboxylic acids is 1. The van der Waals surface area contributed by atoms with Crippen LogP contribution in [-0.4, -0.2) is 31.5 Å². The van der Waals surface area contributed by atoms with Crippen LogP contribution in [0.25, 0.3) is 0 Å². The highest BCUT2D eigenvalue weighted by Crippen LogP contribution is 2.20. The van der Waals surface area contributed by atoms with Gasteiger partial charge in [-0.05, 0) is 18.2 Å². The lowest BCUT2D eigenvalue weighted by Crippen LogP contribution is -2.34. The lowest BCUT2D eigenvalue weighted by atomic mass is 10.1. The molecule has 0 unspecified atom stereocenters. The van der Waals surface area contributed by atoms with Gasteiger partial charge in [-0.3, -0.25) is 4.79 Å². The lowest BCUT2D eigenvalue weighted by molar-refractivity contribution is -0.119. The largest absolute Gasteiger partial charge is 0.389 e. The monoisotopic (exact) mass is 255 g/mol. The molecule has 3 N–H and O–H groups in total. The second-order valence-corrected chi connectivity index (χ2v) is 3.99. The average molecular weight is 255 g/mol. The van der Waals surface area contributed by atoms with Gasteiger partial charge in [0.1, 0.15) is 10.8 Å². The summed E-state index contributed by atoms with van der Waals surface area (Å²) in [5, 5.41) is 2.51. The zero-order valence-electron chi connectivity index (χ0n) is 9.66. The van der Waals surface area contributed by atoms with Crippen molar-refractivity contribution in [2.75, 3.05) is 25.5 Å². The minimum Gasteiger partial charge on any atom is -0.389 e. The fourth-order valence-corrected chi connectivity index (χ4v) is 1.58. The molecule has 4 nitrogen and oxygen atoms in total. The summed E-state index contributed by atoms with van der Waals surface area (Å²) < 4.78 is 13.1. The van der Waals surface area contributed by atoms with Crippen LogP contribution in [0.2, 0.25) is 0 Å². The Balaban J connectivity index is 3.04. The van der Waals surface area contributed by atoms with E-state index < -0.39 is 5.82 Å². The normalized spacial score (nSPS) is 9.82. The molecule has 0 spiro atoms. The van der Waals surface area contributed by atoms with Crippen molar-refractivity contribution in [1.29, 1.82) is 0 Å². The van der Waals surface area contributed by atoms with Crippen LogP contribution in [0.3, 0.4) is 0 Å². The number of nitrogens with zero attached hydrogens (tertiary/aromatic N) is 1. The molecule has 0 saturated heterocycles. The van der Waals surface area contributed by atoms with Gasteiger partial charge >= 0.3 is 0 Å². The highest BCUT2D eigenvalue weighted by Gasteiger charge is 2.12. The molecule has 0 radical (unpaired) electrons. The van der Waals surface area contributed by atoms with Crippen LogP contribution >= 0.6 is 12.2 Å². The molecule has 0 heterocycles. The van der Waals surface area contributed by atoms with Crippen molar-refractivity contribution in [3.63, 3.8) is 0 Å². The summed E-state index contributed by atoms with van der Waals surface area (Å²) in [4.78, 5) is 13.0. The first-order chi connectivity index (χ1) is 7.95. The summed E-state index contributed by atoms with van der Waals surface area (Å²) in [5.41, 5.74) is 6.57. The number of carbonyl (C=O) groups is 1. The number of nitrogens with one attached hydrogen (secondary N) is 1. The van der Waals surface area contributed by atoms with E-state index >= 15 is 0 Å². The zero-order chi connectivity index (χ0) is 13.0. The van der Waals surface area contributed by atoms with Gasteiger partial charge < -0.3 is 16.0 Å². The van der Waals surface area contributed by atoms with Crippen molar-refractivity contribution < 1.29 is 9.18 Å². The number of likely N-dealkylation sites (N-methyl/N-ethyl adjacent to an activating group) is 2. The molecule has 1 rings (SSSR count). The van der Waals surface area contributed by atoms with E-state index in [1.54, 1.807) is 25.1 Å². The van der Waals surface area contributed by atoms with Crippen LogP contribution in [-0.2, 0) is 4.79 Å². The third kappa shape index (κ3) is 3.39. The molecule has 0 fully saturated rings. The van der Waals surface area contributed by atoms with Gasteiger partial charge in [0.15, 0.2) is 0 Å². The van der Waals surface area contributed by atoms with E-state index in [1.807, 2.05) is 0 Å². The van der Waals surface area contributed by atoms with Crippen LogP contribution < -0.4 is 16.0 Å². The maximum atomic E-state index is 13.1. The minimum atomic E-state index is -0.412. The first kappa shape index (κ1) is 13.4. The highest BCUT2D eigenvalue weighted by atomic mass is 32.1. The summed E-state index contributed by atoms with van der Waals surface area (Å²) in [6.07, 6.45) is 0. The van der Waals surface area contributed by atoms with Crippen molar-refractivity contribution >= 4 is 28.8 Å². The van der Waals surface area contributed by atoms with E-state index in [0.717, 1.165) is 0 Å². The van der Waals surface area contributed by atoms with Gasteiger partial charge in [-0.15, -0.1) is 0 Å². The molecular formula is C11H14FN3OS. The zero-order valence-corrected chi connectivity index (χ0v) is 10.5. The number of anilines is 1. The Morgan fingerprint density at radius 3 is 2.76 bits per heavy atom. The number of thiocarbonyl (C=S) groups is 1. The van der Waals surface area contributed by atoms with E-state index in [4.69, 9.17) is 18.0 Å². The van der Waals surface area contributed by atoms with E-state index in [0.29, 0.717) is 11.3 Å². The third-order valence-corrected chi connectivity index (χ3v) is 2.51. The molecule has 0 aliphatic carbocycles. The van der Waals surface area contributed by atoms with Gasteiger partial charge in [-0.25, -0.2) is 4.39 Å². The van der Waals surface area contributed by atoms with E-state index in [9.17, 15) is 9.18 Å². The van der Waals surface area contributed by atoms with Gasteiger partial charge in [0.25, 0.3) is 0 Å². The second-order valence-electron chi connectivity index (χ2n) is 3.55. The predicted octanol–water partition coefficient (Wildman–Crippen LogP) is 0.642. The molecule has 6 heteroatoms. The summed E-state index contributed by atoms with van der Waals surface area (Å²) >= 11 is 4.85. The Morgan fingerprint density at radius 2 is 2.24 bits per heavy atom.